The average Bonchev–Trinajstić information content (AvgIpc) is 2.90. The van der Waals surface area contributed by atoms with E-state index in [1.165, 1.54) is 12.1 Å². The summed E-state index contributed by atoms with van der Waals surface area (Å²) in [6.45, 7) is 0.439. The van der Waals surface area contributed by atoms with Crippen molar-refractivity contribution in [3.05, 3.63) is 29.7 Å². The third-order valence-electron chi connectivity index (χ3n) is 3.02. The van der Waals surface area contributed by atoms with Gasteiger partial charge in [0.25, 0.3) is 0 Å². The Morgan fingerprint density at radius 3 is 2.87 bits per heavy atom. The molecule has 8 nitrogen and oxygen atoms in total. The summed E-state index contributed by atoms with van der Waals surface area (Å²) < 4.78 is 25.6. The first kappa shape index (κ1) is 17.1. The Labute approximate surface area is 134 Å². The summed E-state index contributed by atoms with van der Waals surface area (Å²) in [7, 11) is -0.493. The van der Waals surface area contributed by atoms with Gasteiger partial charge in [-0.15, -0.1) is 0 Å². The van der Waals surface area contributed by atoms with E-state index in [0.717, 1.165) is 0 Å². The fraction of sp³-hybridized carbons (Fsp3) is 0.250. The lowest BCUT2D eigenvalue weighted by Crippen LogP contribution is -2.28. The number of anilines is 2. The SMILES string of the molecule is Bc1cc(NC(=N)c2nonc2NCC[SH](C)(=N)N)ccc1F. The van der Waals surface area contributed by atoms with Crippen molar-refractivity contribution in [3.8, 4) is 0 Å². The normalized spacial score (nSPS) is 12.0. The average molecular weight is 339 g/mol. The lowest BCUT2D eigenvalue weighted by atomic mass is 9.95. The van der Waals surface area contributed by atoms with Crippen LogP contribution in [0.1, 0.15) is 5.69 Å². The van der Waals surface area contributed by atoms with Crippen LogP contribution in [0.15, 0.2) is 22.8 Å². The molecule has 0 amide bonds. The van der Waals surface area contributed by atoms with E-state index < -0.39 is 10.0 Å². The summed E-state index contributed by atoms with van der Waals surface area (Å²) >= 11 is 0. The van der Waals surface area contributed by atoms with Crippen molar-refractivity contribution in [1.29, 1.82) is 10.2 Å². The molecule has 0 atom stereocenters. The molecular weight excluding hydrogens is 320 g/mol. The Morgan fingerprint density at radius 2 is 2.22 bits per heavy atom. The molecule has 0 aliphatic rings. The van der Waals surface area contributed by atoms with E-state index in [1.807, 2.05) is 0 Å². The van der Waals surface area contributed by atoms with E-state index >= 15 is 0 Å². The van der Waals surface area contributed by atoms with Gasteiger partial charge < -0.3 is 10.6 Å². The summed E-state index contributed by atoms with van der Waals surface area (Å²) in [6, 6.07) is 4.45. The van der Waals surface area contributed by atoms with Gasteiger partial charge in [-0.2, -0.15) is 10.0 Å². The Balaban J connectivity index is 2.04. The highest BCUT2D eigenvalue weighted by atomic mass is 32.2. The van der Waals surface area contributed by atoms with Gasteiger partial charge in [0.15, 0.2) is 11.5 Å². The number of nitrogens with two attached hydrogens (primary N) is 1. The Morgan fingerprint density at radius 1 is 1.48 bits per heavy atom. The predicted molar refractivity (Wildman–Crippen MR) is 94.3 cm³/mol. The summed E-state index contributed by atoms with van der Waals surface area (Å²) in [5.41, 5.74) is 1.24. The van der Waals surface area contributed by atoms with E-state index in [-0.39, 0.29) is 17.3 Å². The maximum absolute atomic E-state index is 13.3. The largest absolute Gasteiger partial charge is 0.364 e. The fourth-order valence-electron chi connectivity index (χ4n) is 1.80. The second-order valence-corrected chi connectivity index (χ2v) is 8.33. The molecule has 0 aliphatic heterocycles. The van der Waals surface area contributed by atoms with Gasteiger partial charge in [-0.3, -0.25) is 15.3 Å². The Kier molecular flexibility index (Phi) is 5.11. The van der Waals surface area contributed by atoms with Crippen molar-refractivity contribution in [3.63, 3.8) is 0 Å². The van der Waals surface area contributed by atoms with E-state index in [9.17, 15) is 4.39 Å². The van der Waals surface area contributed by atoms with Crippen LogP contribution < -0.4 is 21.2 Å². The molecule has 11 heteroatoms. The van der Waals surface area contributed by atoms with Gasteiger partial charge in [0.05, 0.1) is 0 Å². The maximum Gasteiger partial charge on any atom is 0.202 e. The molecule has 23 heavy (non-hydrogen) atoms. The predicted octanol–water partition coefficient (Wildman–Crippen LogP) is -0.531. The lowest BCUT2D eigenvalue weighted by Gasteiger charge is -2.15. The number of hydrogen-bond donors (Lipinski definition) is 6. The fourth-order valence-corrected chi connectivity index (χ4v) is 2.38. The molecule has 6 N–H and O–H groups in total. The van der Waals surface area contributed by atoms with Crippen LogP contribution in [0.25, 0.3) is 0 Å². The number of thiol groups is 1. The van der Waals surface area contributed by atoms with Crippen molar-refractivity contribution in [2.75, 3.05) is 29.2 Å². The molecule has 0 radical (unpaired) electrons. The highest BCUT2D eigenvalue weighted by Gasteiger charge is 2.15. The van der Waals surface area contributed by atoms with Gasteiger partial charge in [-0.1, -0.05) is 5.46 Å². The molecule has 0 fully saturated rings. The molecule has 0 saturated carbocycles. The minimum atomic E-state index is -2.13. The number of amidine groups is 1. The summed E-state index contributed by atoms with van der Waals surface area (Å²) in [5.74, 6) is 0.457. The molecule has 0 bridgehead atoms. The quantitative estimate of drug-likeness (QED) is 0.181. The second-order valence-electron chi connectivity index (χ2n) is 5.34. The van der Waals surface area contributed by atoms with E-state index in [2.05, 4.69) is 25.6 Å². The summed E-state index contributed by atoms with van der Waals surface area (Å²) in [6.07, 6.45) is 1.71. The highest BCUT2D eigenvalue weighted by Crippen LogP contribution is 2.13. The first-order chi connectivity index (χ1) is 10.8. The van der Waals surface area contributed by atoms with Gasteiger partial charge in [0.2, 0.25) is 5.82 Å². The number of halogens is 1. The Bertz CT molecular complexity index is 760. The first-order valence-electron chi connectivity index (χ1n) is 6.84. The second kappa shape index (κ2) is 6.88. The smallest absolute Gasteiger partial charge is 0.202 e. The zero-order valence-electron chi connectivity index (χ0n) is 12.9. The molecule has 0 aliphatic carbocycles. The van der Waals surface area contributed by atoms with Gasteiger partial charge in [-0.25, -0.2) is 9.02 Å². The topological polar surface area (TPSA) is 137 Å². The van der Waals surface area contributed by atoms with E-state index in [1.54, 1.807) is 20.2 Å². The van der Waals surface area contributed by atoms with E-state index in [0.29, 0.717) is 29.3 Å². The molecule has 2 rings (SSSR count). The van der Waals surface area contributed by atoms with Crippen molar-refractivity contribution >= 4 is 40.7 Å². The van der Waals surface area contributed by atoms with Crippen LogP contribution in [-0.4, -0.2) is 42.5 Å². The van der Waals surface area contributed by atoms with Crippen LogP contribution in [0.3, 0.4) is 0 Å². The molecule has 0 spiro atoms. The zero-order chi connectivity index (χ0) is 17.0. The van der Waals surface area contributed by atoms with Crippen molar-refractivity contribution in [1.82, 2.24) is 10.3 Å². The number of hydrogen-bond acceptors (Lipinski definition) is 6. The molecule has 1 aromatic carbocycles. The van der Waals surface area contributed by atoms with Crippen molar-refractivity contribution in [2.45, 2.75) is 0 Å². The monoisotopic (exact) mass is 339 g/mol. The number of aromatic nitrogens is 2. The van der Waals surface area contributed by atoms with Gasteiger partial charge >= 0.3 is 0 Å². The number of benzene rings is 1. The Hall–Kier alpha value is -2.27. The van der Waals surface area contributed by atoms with Crippen LogP contribution in [0.5, 0.6) is 0 Å². The minimum Gasteiger partial charge on any atom is -0.364 e. The molecular formula is C12H19BFN7OS. The van der Waals surface area contributed by atoms with E-state index in [4.69, 9.17) is 15.3 Å². The third-order valence-corrected chi connectivity index (χ3v) is 4.17. The lowest BCUT2D eigenvalue weighted by molar-refractivity contribution is 0.308. The third kappa shape index (κ3) is 4.86. The van der Waals surface area contributed by atoms with Crippen LogP contribution >= 0.6 is 0 Å². The maximum atomic E-state index is 13.3. The van der Waals surface area contributed by atoms with Crippen LogP contribution in [0, 0.1) is 16.0 Å². The van der Waals surface area contributed by atoms with Crippen LogP contribution in [0.4, 0.5) is 15.9 Å². The number of rotatable bonds is 6. The van der Waals surface area contributed by atoms with Gasteiger partial charge in [0.1, 0.15) is 13.7 Å². The zero-order valence-corrected chi connectivity index (χ0v) is 13.7. The standard InChI is InChI=1S/C12H19BFN7OS/c1-23(16,17)5-4-18-12-10(20-22-21-12)11(15)19-7-2-3-9(14)8(13)6-7/h2-3,6,23H,4-5,13H2,1H3,(H2,15,19)(H3,16,17)(H,18,21). The van der Waals surface area contributed by atoms with Crippen molar-refractivity contribution < 1.29 is 9.02 Å². The van der Waals surface area contributed by atoms with Crippen LogP contribution in [-0.2, 0) is 10.0 Å². The molecule has 1 aromatic heterocycles. The highest BCUT2D eigenvalue weighted by molar-refractivity contribution is 8.01. The first-order valence-corrected chi connectivity index (χ1v) is 9.33. The van der Waals surface area contributed by atoms with Gasteiger partial charge in [0, 0.05) is 18.0 Å². The molecule has 2 aromatic rings. The summed E-state index contributed by atoms with van der Waals surface area (Å²) in [5, 5.41) is 26.9. The number of nitrogens with one attached hydrogen (secondary N) is 4. The summed E-state index contributed by atoms with van der Waals surface area (Å²) in [4.78, 5) is 0. The molecule has 0 unspecified atom stereocenters. The van der Waals surface area contributed by atoms with Crippen molar-refractivity contribution in [2.24, 2.45) is 5.14 Å². The minimum absolute atomic E-state index is 0.0315. The number of nitrogens with zero attached hydrogens (tertiary/aromatic N) is 2. The van der Waals surface area contributed by atoms with Crippen LogP contribution in [0.2, 0.25) is 0 Å². The van der Waals surface area contributed by atoms with Gasteiger partial charge in [-0.05, 0) is 34.8 Å². The molecule has 1 heterocycles. The molecule has 0 saturated heterocycles. The molecule has 124 valence electrons.